The second-order valence-corrected chi connectivity index (χ2v) is 2.67. The molecule has 0 saturated carbocycles. The molecule has 0 aromatic carbocycles. The highest BCUT2D eigenvalue weighted by atomic mass is 19.1. The van der Waals surface area contributed by atoms with Crippen LogP contribution in [0.15, 0.2) is 23.8 Å². The third kappa shape index (κ3) is 2.99. The Morgan fingerprint density at radius 2 is 2.17 bits per heavy atom. The number of rotatable bonds is 5. The van der Waals surface area contributed by atoms with Crippen LogP contribution in [0.2, 0.25) is 0 Å². The zero-order valence-corrected chi connectivity index (χ0v) is 7.78. The minimum Gasteiger partial charge on any atom is -0.302 e. The molecule has 0 aromatic heterocycles. The van der Waals surface area contributed by atoms with Gasteiger partial charge in [-0.05, 0) is 24.5 Å². The van der Waals surface area contributed by atoms with Gasteiger partial charge in [-0.15, -0.1) is 0 Å². The lowest BCUT2D eigenvalue weighted by Gasteiger charge is -2.07. The average molecular weight is 169 g/mol. The van der Waals surface area contributed by atoms with Crippen molar-refractivity contribution < 1.29 is 4.39 Å². The summed E-state index contributed by atoms with van der Waals surface area (Å²) in [5, 5.41) is 7.30. The molecule has 0 bridgehead atoms. The Bertz CT molecular complexity index is 204. The molecule has 0 saturated heterocycles. The van der Waals surface area contributed by atoms with Gasteiger partial charge in [0.15, 0.2) is 0 Å². The maximum absolute atomic E-state index is 12.1. The fourth-order valence-corrected chi connectivity index (χ4v) is 1.10. The summed E-state index contributed by atoms with van der Waals surface area (Å²) in [5.74, 6) is 0. The SMILES string of the molecule is C=C(CCC)/C(=C/C)C(=N)CF. The molecule has 2 heteroatoms. The number of hydrogen-bond donors (Lipinski definition) is 1. The molecule has 0 aliphatic carbocycles. The molecule has 0 unspecified atom stereocenters. The lowest BCUT2D eigenvalue weighted by atomic mass is 9.99. The van der Waals surface area contributed by atoms with Crippen LogP contribution >= 0.6 is 0 Å². The molecule has 0 atom stereocenters. The van der Waals surface area contributed by atoms with E-state index in [9.17, 15) is 4.39 Å². The van der Waals surface area contributed by atoms with Crippen molar-refractivity contribution in [2.75, 3.05) is 6.67 Å². The van der Waals surface area contributed by atoms with Gasteiger partial charge in [0, 0.05) is 0 Å². The lowest BCUT2D eigenvalue weighted by molar-refractivity contribution is 0.580. The predicted octanol–water partition coefficient (Wildman–Crippen LogP) is 3.28. The van der Waals surface area contributed by atoms with Gasteiger partial charge in [-0.2, -0.15) is 0 Å². The first-order valence-electron chi connectivity index (χ1n) is 4.15. The number of nitrogens with one attached hydrogen (secondary N) is 1. The summed E-state index contributed by atoms with van der Waals surface area (Å²) in [7, 11) is 0. The van der Waals surface area contributed by atoms with Crippen molar-refractivity contribution in [3.63, 3.8) is 0 Å². The Morgan fingerprint density at radius 1 is 1.58 bits per heavy atom. The Morgan fingerprint density at radius 3 is 2.50 bits per heavy atom. The number of halogens is 1. The van der Waals surface area contributed by atoms with E-state index in [0.29, 0.717) is 5.57 Å². The van der Waals surface area contributed by atoms with Gasteiger partial charge < -0.3 is 5.41 Å². The Balaban J connectivity index is 4.37. The van der Waals surface area contributed by atoms with E-state index in [2.05, 4.69) is 6.58 Å². The van der Waals surface area contributed by atoms with Gasteiger partial charge in [-0.3, -0.25) is 0 Å². The normalized spacial score (nSPS) is 11.4. The van der Waals surface area contributed by atoms with Crippen LogP contribution in [0.1, 0.15) is 26.7 Å². The zero-order chi connectivity index (χ0) is 9.56. The van der Waals surface area contributed by atoms with Crippen LogP contribution in [0.3, 0.4) is 0 Å². The summed E-state index contributed by atoms with van der Waals surface area (Å²) >= 11 is 0. The van der Waals surface area contributed by atoms with Crippen molar-refractivity contribution >= 4 is 5.71 Å². The Kier molecular flexibility index (Phi) is 5.26. The maximum Gasteiger partial charge on any atom is 0.131 e. The second kappa shape index (κ2) is 5.70. The van der Waals surface area contributed by atoms with Gasteiger partial charge >= 0.3 is 0 Å². The number of alkyl halides is 1. The summed E-state index contributed by atoms with van der Waals surface area (Å²) in [4.78, 5) is 0. The number of hydrogen-bond acceptors (Lipinski definition) is 1. The summed E-state index contributed by atoms with van der Waals surface area (Å²) in [6.07, 6.45) is 3.57. The van der Waals surface area contributed by atoms with Crippen LogP contribution in [0.5, 0.6) is 0 Å². The molecule has 0 rings (SSSR count). The van der Waals surface area contributed by atoms with E-state index < -0.39 is 6.67 Å². The van der Waals surface area contributed by atoms with Crippen molar-refractivity contribution in [3.05, 3.63) is 23.8 Å². The molecule has 0 spiro atoms. The van der Waals surface area contributed by atoms with Crippen LogP contribution in [-0.2, 0) is 0 Å². The van der Waals surface area contributed by atoms with Crippen LogP contribution in [0, 0.1) is 5.41 Å². The van der Waals surface area contributed by atoms with Gasteiger partial charge in [0.05, 0.1) is 5.71 Å². The van der Waals surface area contributed by atoms with Gasteiger partial charge in [0.1, 0.15) is 6.67 Å². The van der Waals surface area contributed by atoms with Crippen molar-refractivity contribution in [2.45, 2.75) is 26.7 Å². The first-order valence-corrected chi connectivity index (χ1v) is 4.15. The van der Waals surface area contributed by atoms with Crippen molar-refractivity contribution in [1.82, 2.24) is 0 Å². The average Bonchev–Trinajstić information content (AvgIpc) is 2.06. The van der Waals surface area contributed by atoms with Crippen LogP contribution < -0.4 is 0 Å². The monoisotopic (exact) mass is 169 g/mol. The third-order valence-corrected chi connectivity index (χ3v) is 1.68. The molecule has 0 aliphatic heterocycles. The van der Waals surface area contributed by atoms with Gasteiger partial charge in [-0.1, -0.05) is 26.0 Å². The molecule has 0 heterocycles. The molecule has 68 valence electrons. The standard InChI is InChI=1S/C10H16FN/c1-4-6-8(3)9(5-2)10(12)7-11/h5,12H,3-4,6-7H2,1-2H3/b9-5-,12-10?. The summed E-state index contributed by atoms with van der Waals surface area (Å²) in [6, 6.07) is 0. The molecule has 0 amide bonds. The molecule has 0 aliphatic rings. The van der Waals surface area contributed by atoms with E-state index in [0.717, 1.165) is 18.4 Å². The lowest BCUT2D eigenvalue weighted by Crippen LogP contribution is -2.05. The highest BCUT2D eigenvalue weighted by Crippen LogP contribution is 2.14. The van der Waals surface area contributed by atoms with Crippen LogP contribution in [-0.4, -0.2) is 12.4 Å². The van der Waals surface area contributed by atoms with Gasteiger partial charge in [0.2, 0.25) is 0 Å². The summed E-state index contributed by atoms with van der Waals surface area (Å²) < 4.78 is 12.1. The van der Waals surface area contributed by atoms with Gasteiger partial charge in [-0.25, -0.2) is 4.39 Å². The Hall–Kier alpha value is -0.920. The van der Waals surface area contributed by atoms with Crippen LogP contribution in [0.4, 0.5) is 4.39 Å². The third-order valence-electron chi connectivity index (χ3n) is 1.68. The van der Waals surface area contributed by atoms with Crippen molar-refractivity contribution in [3.8, 4) is 0 Å². The first kappa shape index (κ1) is 11.1. The zero-order valence-electron chi connectivity index (χ0n) is 7.78. The summed E-state index contributed by atoms with van der Waals surface area (Å²) in [6.45, 7) is 6.95. The smallest absolute Gasteiger partial charge is 0.131 e. The molecule has 1 nitrogen and oxygen atoms in total. The van der Waals surface area contributed by atoms with Crippen molar-refractivity contribution in [2.24, 2.45) is 0 Å². The van der Waals surface area contributed by atoms with Gasteiger partial charge in [0.25, 0.3) is 0 Å². The summed E-state index contributed by atoms with van der Waals surface area (Å²) in [5.41, 5.74) is 1.57. The fraction of sp³-hybridized carbons (Fsp3) is 0.500. The molecule has 1 N–H and O–H groups in total. The number of allylic oxidation sites excluding steroid dienone is 3. The maximum atomic E-state index is 12.1. The molecule has 0 radical (unpaired) electrons. The Labute approximate surface area is 73.5 Å². The first-order chi connectivity index (χ1) is 5.67. The highest BCUT2D eigenvalue weighted by Gasteiger charge is 2.06. The van der Waals surface area contributed by atoms with Crippen molar-refractivity contribution in [1.29, 1.82) is 5.41 Å². The van der Waals surface area contributed by atoms with Crippen LogP contribution in [0.25, 0.3) is 0 Å². The van der Waals surface area contributed by atoms with E-state index in [1.54, 1.807) is 13.0 Å². The highest BCUT2D eigenvalue weighted by molar-refractivity contribution is 6.02. The quantitative estimate of drug-likeness (QED) is 0.482. The minimum atomic E-state index is -0.706. The minimum absolute atomic E-state index is 0.0379. The molecule has 12 heavy (non-hydrogen) atoms. The second-order valence-electron chi connectivity index (χ2n) is 2.67. The molecular formula is C10H16FN. The van der Waals surface area contributed by atoms with E-state index in [1.165, 1.54) is 0 Å². The van der Waals surface area contributed by atoms with E-state index >= 15 is 0 Å². The van der Waals surface area contributed by atoms with E-state index in [4.69, 9.17) is 5.41 Å². The topological polar surface area (TPSA) is 23.9 Å². The molecule has 0 aromatic rings. The predicted molar refractivity (Wildman–Crippen MR) is 51.5 cm³/mol. The van der Waals surface area contributed by atoms with E-state index in [1.807, 2.05) is 6.92 Å². The molecular weight excluding hydrogens is 153 g/mol. The fourth-order valence-electron chi connectivity index (χ4n) is 1.10. The van der Waals surface area contributed by atoms with E-state index in [-0.39, 0.29) is 5.71 Å². The molecule has 0 fully saturated rings. The largest absolute Gasteiger partial charge is 0.302 e.